The third-order valence-corrected chi connectivity index (χ3v) is 2.79. The minimum Gasteiger partial charge on any atom is -0.496 e. The predicted octanol–water partition coefficient (Wildman–Crippen LogP) is 2.02. The molecule has 2 N–H and O–H groups in total. The van der Waals surface area contributed by atoms with E-state index in [9.17, 15) is 4.79 Å². The van der Waals surface area contributed by atoms with Gasteiger partial charge in [0.1, 0.15) is 5.75 Å². The van der Waals surface area contributed by atoms with Crippen molar-refractivity contribution in [2.24, 2.45) is 0 Å². The van der Waals surface area contributed by atoms with E-state index in [1.807, 2.05) is 26.0 Å². The molecule has 17 heavy (non-hydrogen) atoms. The van der Waals surface area contributed by atoms with Crippen LogP contribution in [0.25, 0.3) is 0 Å². The molecule has 0 radical (unpaired) electrons. The Hall–Kier alpha value is -1.55. The van der Waals surface area contributed by atoms with Crippen LogP contribution < -0.4 is 10.1 Å². The van der Waals surface area contributed by atoms with Crippen LogP contribution in [0.2, 0.25) is 0 Å². The highest BCUT2D eigenvalue weighted by Crippen LogP contribution is 2.27. The summed E-state index contributed by atoms with van der Waals surface area (Å²) in [4.78, 5) is 11.5. The van der Waals surface area contributed by atoms with Crippen molar-refractivity contribution in [1.82, 2.24) is 0 Å². The van der Waals surface area contributed by atoms with Crippen LogP contribution in [0.4, 0.5) is 5.69 Å². The maximum Gasteiger partial charge on any atom is 0.224 e. The molecule has 0 aliphatic rings. The largest absolute Gasteiger partial charge is 0.496 e. The number of amides is 1. The molecule has 0 bridgehead atoms. The van der Waals surface area contributed by atoms with Gasteiger partial charge in [-0.15, -0.1) is 0 Å². The number of benzene rings is 1. The lowest BCUT2D eigenvalue weighted by molar-refractivity contribution is -0.116. The summed E-state index contributed by atoms with van der Waals surface area (Å²) in [6.07, 6.45) is 0.820. The van der Waals surface area contributed by atoms with E-state index < -0.39 is 0 Å². The van der Waals surface area contributed by atoms with Gasteiger partial charge in [-0.25, -0.2) is 0 Å². The summed E-state index contributed by atoms with van der Waals surface area (Å²) in [6, 6.07) is 3.67. The van der Waals surface area contributed by atoms with E-state index >= 15 is 0 Å². The molecule has 0 fully saturated rings. The van der Waals surface area contributed by atoms with Gasteiger partial charge in [0.05, 0.1) is 7.11 Å². The Labute approximate surface area is 102 Å². The number of aliphatic hydroxyl groups is 1. The molecule has 0 spiro atoms. The summed E-state index contributed by atoms with van der Waals surface area (Å²) in [6.45, 7) is 3.94. The number of aliphatic hydroxyl groups excluding tert-OH is 1. The zero-order chi connectivity index (χ0) is 12.8. The molecule has 0 saturated heterocycles. The molecule has 0 saturated carbocycles. The number of hydrogen-bond acceptors (Lipinski definition) is 3. The highest BCUT2D eigenvalue weighted by atomic mass is 16.5. The summed E-state index contributed by atoms with van der Waals surface area (Å²) in [7, 11) is 1.63. The quantitative estimate of drug-likeness (QED) is 0.823. The number of hydrogen-bond donors (Lipinski definition) is 2. The van der Waals surface area contributed by atoms with E-state index in [1.165, 1.54) is 0 Å². The van der Waals surface area contributed by atoms with Gasteiger partial charge in [0.15, 0.2) is 0 Å². The molecule has 4 heteroatoms. The molecule has 1 rings (SSSR count). The summed E-state index contributed by atoms with van der Waals surface area (Å²) >= 11 is 0. The molecule has 4 nitrogen and oxygen atoms in total. The van der Waals surface area contributed by atoms with Gasteiger partial charge in [0.2, 0.25) is 5.91 Å². The first kappa shape index (κ1) is 13.5. The van der Waals surface area contributed by atoms with E-state index in [4.69, 9.17) is 9.84 Å². The molecular weight excluding hydrogens is 218 g/mol. The van der Waals surface area contributed by atoms with Crippen LogP contribution in [0.1, 0.15) is 24.0 Å². The number of carbonyl (C=O) groups is 1. The normalized spacial score (nSPS) is 10.1. The van der Waals surface area contributed by atoms with Crippen LogP contribution in [0.15, 0.2) is 12.1 Å². The van der Waals surface area contributed by atoms with E-state index in [1.54, 1.807) is 7.11 Å². The maximum atomic E-state index is 11.5. The highest BCUT2D eigenvalue weighted by molar-refractivity contribution is 5.91. The van der Waals surface area contributed by atoms with Crippen LogP contribution in [-0.4, -0.2) is 24.7 Å². The van der Waals surface area contributed by atoms with Crippen LogP contribution in [0, 0.1) is 13.8 Å². The monoisotopic (exact) mass is 237 g/mol. The number of methoxy groups -OCH3 is 1. The first-order valence-corrected chi connectivity index (χ1v) is 5.65. The molecule has 0 aliphatic carbocycles. The average Bonchev–Trinajstić information content (AvgIpc) is 2.33. The number of carbonyl (C=O) groups excluding carboxylic acids is 1. The molecule has 0 unspecified atom stereocenters. The van der Waals surface area contributed by atoms with Crippen molar-refractivity contribution in [3.05, 3.63) is 23.3 Å². The van der Waals surface area contributed by atoms with Crippen LogP contribution in [-0.2, 0) is 4.79 Å². The Bertz CT molecular complexity index is 402. The van der Waals surface area contributed by atoms with Gasteiger partial charge >= 0.3 is 0 Å². The lowest BCUT2D eigenvalue weighted by Gasteiger charge is -2.13. The topological polar surface area (TPSA) is 58.6 Å². The number of nitrogens with one attached hydrogen (secondary N) is 1. The van der Waals surface area contributed by atoms with Crippen molar-refractivity contribution >= 4 is 11.6 Å². The van der Waals surface area contributed by atoms with Crippen molar-refractivity contribution in [3.8, 4) is 5.75 Å². The molecule has 0 aliphatic heterocycles. The molecule has 0 heterocycles. The second-order valence-corrected chi connectivity index (χ2v) is 3.94. The number of anilines is 1. The molecule has 1 aromatic carbocycles. The molecule has 94 valence electrons. The third kappa shape index (κ3) is 3.46. The van der Waals surface area contributed by atoms with Crippen LogP contribution in [0.3, 0.4) is 0 Å². The fourth-order valence-electron chi connectivity index (χ4n) is 1.60. The predicted molar refractivity (Wildman–Crippen MR) is 67.4 cm³/mol. The minimum absolute atomic E-state index is 0.0358. The van der Waals surface area contributed by atoms with Gasteiger partial charge < -0.3 is 15.2 Å². The van der Waals surface area contributed by atoms with Gasteiger partial charge in [-0.1, -0.05) is 0 Å². The van der Waals surface area contributed by atoms with E-state index in [0.29, 0.717) is 12.8 Å². The zero-order valence-corrected chi connectivity index (χ0v) is 10.5. The maximum absolute atomic E-state index is 11.5. The lowest BCUT2D eigenvalue weighted by Crippen LogP contribution is -2.13. The summed E-state index contributed by atoms with van der Waals surface area (Å²) in [5, 5.41) is 11.5. The highest BCUT2D eigenvalue weighted by Gasteiger charge is 2.09. The molecular formula is C13H19NO3. The Balaban J connectivity index is 2.79. The van der Waals surface area contributed by atoms with E-state index in [2.05, 4.69) is 5.32 Å². The summed E-state index contributed by atoms with van der Waals surface area (Å²) < 4.78 is 5.20. The lowest BCUT2D eigenvalue weighted by atomic mass is 10.1. The molecule has 1 aromatic rings. The fraction of sp³-hybridized carbons (Fsp3) is 0.462. The first-order valence-electron chi connectivity index (χ1n) is 5.65. The van der Waals surface area contributed by atoms with Crippen molar-refractivity contribution in [2.75, 3.05) is 19.0 Å². The first-order chi connectivity index (χ1) is 8.10. The third-order valence-electron chi connectivity index (χ3n) is 2.79. The van der Waals surface area contributed by atoms with Gasteiger partial charge in [0.25, 0.3) is 0 Å². The van der Waals surface area contributed by atoms with E-state index in [0.717, 1.165) is 22.6 Å². The van der Waals surface area contributed by atoms with Crippen molar-refractivity contribution in [3.63, 3.8) is 0 Å². The molecule has 1 amide bonds. The average molecular weight is 237 g/mol. The molecule has 0 aromatic heterocycles. The minimum atomic E-state index is -0.0771. The van der Waals surface area contributed by atoms with Gasteiger partial charge in [0, 0.05) is 18.7 Å². The summed E-state index contributed by atoms with van der Waals surface area (Å²) in [5.74, 6) is 0.738. The van der Waals surface area contributed by atoms with E-state index in [-0.39, 0.29) is 12.5 Å². The van der Waals surface area contributed by atoms with Gasteiger partial charge in [-0.05, 0) is 43.5 Å². The molecule has 0 atom stereocenters. The van der Waals surface area contributed by atoms with Crippen LogP contribution in [0.5, 0.6) is 5.75 Å². The number of rotatable bonds is 5. The standard InChI is InChI=1S/C13H19NO3/c1-9-10(2)12(17-3)7-6-11(9)14-13(16)5-4-8-15/h6-7,15H,4-5,8H2,1-3H3,(H,14,16). The smallest absolute Gasteiger partial charge is 0.224 e. The van der Waals surface area contributed by atoms with Crippen molar-refractivity contribution < 1.29 is 14.6 Å². The Morgan fingerprint density at radius 2 is 2.06 bits per heavy atom. The van der Waals surface area contributed by atoms with Gasteiger partial charge in [-0.3, -0.25) is 4.79 Å². The van der Waals surface area contributed by atoms with Crippen molar-refractivity contribution in [2.45, 2.75) is 26.7 Å². The van der Waals surface area contributed by atoms with Crippen LogP contribution >= 0.6 is 0 Å². The Kier molecular flexibility index (Phi) is 4.97. The zero-order valence-electron chi connectivity index (χ0n) is 10.5. The summed E-state index contributed by atoms with van der Waals surface area (Å²) in [5.41, 5.74) is 2.82. The second kappa shape index (κ2) is 6.25. The van der Waals surface area contributed by atoms with Gasteiger partial charge in [-0.2, -0.15) is 0 Å². The Morgan fingerprint density at radius 3 is 2.65 bits per heavy atom. The SMILES string of the molecule is COc1ccc(NC(=O)CCCO)c(C)c1C. The van der Waals surface area contributed by atoms with Crippen molar-refractivity contribution in [1.29, 1.82) is 0 Å². The number of ether oxygens (including phenoxy) is 1. The second-order valence-electron chi connectivity index (χ2n) is 3.94. The fourth-order valence-corrected chi connectivity index (χ4v) is 1.60. The Morgan fingerprint density at radius 1 is 1.35 bits per heavy atom.